The highest BCUT2D eigenvalue weighted by Gasteiger charge is 2.43. The van der Waals surface area contributed by atoms with Crippen molar-refractivity contribution in [2.75, 3.05) is 13.2 Å². The number of allylic oxidation sites excluding steroid dienone is 3. The Kier molecular flexibility index (Phi) is 5.90. The molecule has 2 heterocycles. The molecule has 1 saturated heterocycles. The zero-order valence-corrected chi connectivity index (χ0v) is 18.6. The SMILES string of the molecule is CC1=C(C(=O)OC[C@@H]2CCCO2)[C@@H](c2ccc([N+](=O)[O-])cc2)C2=C(CC(C)(C)CC2=O)N1. The lowest BCUT2D eigenvalue weighted by Gasteiger charge is -2.39. The minimum atomic E-state index is -0.632. The van der Waals surface area contributed by atoms with Gasteiger partial charge in [0.1, 0.15) is 6.61 Å². The van der Waals surface area contributed by atoms with Crippen molar-refractivity contribution in [2.45, 2.75) is 58.5 Å². The van der Waals surface area contributed by atoms with Gasteiger partial charge in [0.15, 0.2) is 5.78 Å². The maximum Gasteiger partial charge on any atom is 0.336 e. The van der Waals surface area contributed by atoms with Crippen molar-refractivity contribution in [3.05, 3.63) is 62.5 Å². The number of carbonyl (C=O) groups is 2. The van der Waals surface area contributed by atoms with Gasteiger partial charge < -0.3 is 14.8 Å². The molecule has 0 aromatic heterocycles. The number of nitro groups is 1. The Hall–Kier alpha value is -3.00. The van der Waals surface area contributed by atoms with E-state index < -0.39 is 16.8 Å². The fourth-order valence-electron chi connectivity index (χ4n) is 4.85. The van der Waals surface area contributed by atoms with Crippen LogP contribution in [0.15, 0.2) is 46.8 Å². The smallest absolute Gasteiger partial charge is 0.336 e. The summed E-state index contributed by atoms with van der Waals surface area (Å²) in [6.45, 7) is 6.72. The molecule has 1 aliphatic carbocycles. The molecular weight excluding hydrogens is 412 g/mol. The monoisotopic (exact) mass is 440 g/mol. The third kappa shape index (κ3) is 4.32. The Labute approximate surface area is 186 Å². The van der Waals surface area contributed by atoms with E-state index in [-0.39, 0.29) is 29.6 Å². The first kappa shape index (κ1) is 22.2. The summed E-state index contributed by atoms with van der Waals surface area (Å²) in [6.07, 6.45) is 2.72. The van der Waals surface area contributed by atoms with Crippen LogP contribution in [0.3, 0.4) is 0 Å². The minimum Gasteiger partial charge on any atom is -0.459 e. The second kappa shape index (κ2) is 8.50. The standard InChI is InChI=1S/C24H28N2O6/c1-14-20(23(28)32-13-17-5-4-10-31-17)21(15-6-8-16(9-7-15)26(29)30)22-18(25-14)11-24(2,3)12-19(22)27/h6-9,17,21,25H,4-5,10-13H2,1-3H3/t17-,21+/m0/s1. The van der Waals surface area contributed by atoms with Crippen LogP contribution in [0.4, 0.5) is 5.69 Å². The average Bonchev–Trinajstić information content (AvgIpc) is 3.24. The quantitative estimate of drug-likeness (QED) is 0.420. The van der Waals surface area contributed by atoms with Crippen molar-refractivity contribution in [2.24, 2.45) is 5.41 Å². The highest BCUT2D eigenvalue weighted by atomic mass is 16.6. The minimum absolute atomic E-state index is 0.0240. The zero-order valence-electron chi connectivity index (χ0n) is 18.6. The normalized spacial score (nSPS) is 24.8. The Morgan fingerprint density at radius 1 is 1.28 bits per heavy atom. The first-order valence-corrected chi connectivity index (χ1v) is 10.9. The van der Waals surface area contributed by atoms with Gasteiger partial charge in [-0.2, -0.15) is 0 Å². The molecule has 1 aromatic carbocycles. The van der Waals surface area contributed by atoms with Crippen molar-refractivity contribution in [3.63, 3.8) is 0 Å². The van der Waals surface area contributed by atoms with Crippen LogP contribution in [0.1, 0.15) is 57.9 Å². The molecule has 170 valence electrons. The Balaban J connectivity index is 1.72. The molecule has 0 saturated carbocycles. The van der Waals surface area contributed by atoms with Gasteiger partial charge in [-0.25, -0.2) is 4.79 Å². The number of ether oxygens (including phenoxy) is 2. The third-order valence-corrected chi connectivity index (χ3v) is 6.32. The molecule has 8 heteroatoms. The van der Waals surface area contributed by atoms with E-state index in [1.54, 1.807) is 19.1 Å². The maximum atomic E-state index is 13.2. The fraction of sp³-hybridized carbons (Fsp3) is 0.500. The molecule has 0 unspecified atom stereocenters. The van der Waals surface area contributed by atoms with Crippen LogP contribution in [0.2, 0.25) is 0 Å². The number of carbonyl (C=O) groups excluding carboxylic acids is 2. The molecule has 3 aliphatic rings. The summed E-state index contributed by atoms with van der Waals surface area (Å²) in [5, 5.41) is 14.4. The first-order chi connectivity index (χ1) is 15.2. The van der Waals surface area contributed by atoms with Crippen LogP contribution in [0.25, 0.3) is 0 Å². The van der Waals surface area contributed by atoms with E-state index in [0.717, 1.165) is 18.5 Å². The molecule has 0 radical (unpaired) electrons. The second-order valence-corrected chi connectivity index (χ2v) is 9.51. The molecule has 1 aromatic rings. The van der Waals surface area contributed by atoms with Crippen LogP contribution in [-0.2, 0) is 19.1 Å². The van der Waals surface area contributed by atoms with E-state index in [1.165, 1.54) is 12.1 Å². The number of hydrogen-bond acceptors (Lipinski definition) is 7. The summed E-state index contributed by atoms with van der Waals surface area (Å²) in [7, 11) is 0. The lowest BCUT2D eigenvalue weighted by Crippen LogP contribution is -2.39. The topological polar surface area (TPSA) is 108 Å². The molecule has 0 spiro atoms. The number of nitro benzene ring substituents is 1. The molecule has 0 amide bonds. The first-order valence-electron chi connectivity index (χ1n) is 10.9. The average molecular weight is 440 g/mol. The summed E-state index contributed by atoms with van der Waals surface area (Å²) in [6, 6.07) is 6.04. The van der Waals surface area contributed by atoms with E-state index in [4.69, 9.17) is 9.47 Å². The van der Waals surface area contributed by atoms with Crippen LogP contribution >= 0.6 is 0 Å². The van der Waals surface area contributed by atoms with Gasteiger partial charge in [-0.15, -0.1) is 0 Å². The number of Topliss-reactive ketones (excluding diaryl/α,β-unsaturated/α-hetero) is 1. The highest BCUT2D eigenvalue weighted by molar-refractivity contribution is 6.04. The van der Waals surface area contributed by atoms with Gasteiger partial charge >= 0.3 is 5.97 Å². The van der Waals surface area contributed by atoms with E-state index in [1.807, 2.05) is 13.8 Å². The summed E-state index contributed by atoms with van der Waals surface area (Å²) in [5.41, 5.74) is 2.77. The van der Waals surface area contributed by atoms with E-state index in [0.29, 0.717) is 41.9 Å². The fourth-order valence-corrected chi connectivity index (χ4v) is 4.85. The highest BCUT2D eigenvalue weighted by Crippen LogP contribution is 2.47. The molecule has 0 bridgehead atoms. The van der Waals surface area contributed by atoms with Gasteiger partial charge in [0, 0.05) is 48.0 Å². The third-order valence-electron chi connectivity index (χ3n) is 6.32. The lowest BCUT2D eigenvalue weighted by molar-refractivity contribution is -0.384. The predicted molar refractivity (Wildman–Crippen MR) is 117 cm³/mol. The number of nitrogens with zero attached hydrogens (tertiary/aromatic N) is 1. The number of benzene rings is 1. The molecule has 8 nitrogen and oxygen atoms in total. The van der Waals surface area contributed by atoms with Crippen molar-refractivity contribution >= 4 is 17.4 Å². The van der Waals surface area contributed by atoms with Gasteiger partial charge in [-0.3, -0.25) is 14.9 Å². The molecular formula is C24H28N2O6. The van der Waals surface area contributed by atoms with Gasteiger partial charge in [-0.1, -0.05) is 26.0 Å². The van der Waals surface area contributed by atoms with Gasteiger partial charge in [0.25, 0.3) is 5.69 Å². The van der Waals surface area contributed by atoms with Crippen molar-refractivity contribution in [1.29, 1.82) is 0 Å². The van der Waals surface area contributed by atoms with Crippen molar-refractivity contribution in [3.8, 4) is 0 Å². The van der Waals surface area contributed by atoms with E-state index in [9.17, 15) is 19.7 Å². The Bertz CT molecular complexity index is 1020. The molecule has 1 N–H and O–H groups in total. The molecule has 4 rings (SSSR count). The largest absolute Gasteiger partial charge is 0.459 e. The summed E-state index contributed by atoms with van der Waals surface area (Å²) >= 11 is 0. The second-order valence-electron chi connectivity index (χ2n) is 9.51. The maximum absolute atomic E-state index is 13.2. The molecule has 1 fully saturated rings. The van der Waals surface area contributed by atoms with Gasteiger partial charge in [-0.05, 0) is 37.2 Å². The molecule has 2 atom stereocenters. The van der Waals surface area contributed by atoms with Crippen LogP contribution in [0, 0.1) is 15.5 Å². The Morgan fingerprint density at radius 3 is 2.62 bits per heavy atom. The number of nitrogens with one attached hydrogen (secondary N) is 1. The number of ketones is 1. The predicted octanol–water partition coefficient (Wildman–Crippen LogP) is 3.92. The summed E-state index contributed by atoms with van der Waals surface area (Å²) < 4.78 is 11.2. The lowest BCUT2D eigenvalue weighted by atomic mass is 9.68. The molecule has 32 heavy (non-hydrogen) atoms. The summed E-state index contributed by atoms with van der Waals surface area (Å²) in [5.74, 6) is -1.16. The van der Waals surface area contributed by atoms with Crippen molar-refractivity contribution in [1.82, 2.24) is 5.32 Å². The molecule has 2 aliphatic heterocycles. The Morgan fingerprint density at radius 2 is 2.00 bits per heavy atom. The number of non-ortho nitro benzene ring substituents is 1. The summed E-state index contributed by atoms with van der Waals surface area (Å²) in [4.78, 5) is 37.1. The number of dihydropyridines is 1. The van der Waals surface area contributed by atoms with Gasteiger partial charge in [0.2, 0.25) is 0 Å². The van der Waals surface area contributed by atoms with Crippen LogP contribution in [0.5, 0.6) is 0 Å². The number of esters is 1. The van der Waals surface area contributed by atoms with Gasteiger partial charge in [0.05, 0.1) is 16.6 Å². The van der Waals surface area contributed by atoms with Crippen LogP contribution in [-0.4, -0.2) is 36.0 Å². The van der Waals surface area contributed by atoms with Crippen molar-refractivity contribution < 1.29 is 24.0 Å². The zero-order chi connectivity index (χ0) is 23.0. The number of rotatable bonds is 5. The van der Waals surface area contributed by atoms with Crippen LogP contribution < -0.4 is 5.32 Å². The number of hydrogen-bond donors (Lipinski definition) is 1. The van der Waals surface area contributed by atoms with E-state index >= 15 is 0 Å². The van der Waals surface area contributed by atoms with E-state index in [2.05, 4.69) is 5.32 Å².